The zero-order chi connectivity index (χ0) is 12.5. The van der Waals surface area contributed by atoms with Gasteiger partial charge in [0.05, 0.1) is 18.2 Å². The van der Waals surface area contributed by atoms with E-state index in [1.54, 1.807) is 7.11 Å². The molecule has 0 aromatic rings. The maximum atomic E-state index is 9.53. The number of aliphatic hydroxyl groups is 1. The molecule has 2 fully saturated rings. The molecule has 0 spiro atoms. The molecule has 1 saturated carbocycles. The standard InChI is InChI=1S/C13H26N2O2/c1-10-7-12(17-2)5-6-15(10)8-13(14,9-16)11-3-4-11/h10-12,16H,3-9,14H2,1-2H3. The highest BCUT2D eigenvalue weighted by Crippen LogP contribution is 2.39. The fourth-order valence-corrected chi connectivity index (χ4v) is 2.97. The average Bonchev–Trinajstić information content (AvgIpc) is 3.16. The molecule has 1 aliphatic heterocycles. The van der Waals surface area contributed by atoms with Gasteiger partial charge in [0.2, 0.25) is 0 Å². The predicted molar refractivity (Wildman–Crippen MR) is 67.8 cm³/mol. The lowest BCUT2D eigenvalue weighted by Gasteiger charge is -2.42. The number of hydrogen-bond acceptors (Lipinski definition) is 4. The van der Waals surface area contributed by atoms with Gasteiger partial charge in [-0.05, 0) is 38.5 Å². The van der Waals surface area contributed by atoms with Gasteiger partial charge in [0.25, 0.3) is 0 Å². The molecule has 100 valence electrons. The molecule has 2 rings (SSSR count). The highest BCUT2D eigenvalue weighted by molar-refractivity contribution is 5.01. The summed E-state index contributed by atoms with van der Waals surface area (Å²) in [4.78, 5) is 2.42. The van der Waals surface area contributed by atoms with Crippen molar-refractivity contribution in [3.05, 3.63) is 0 Å². The van der Waals surface area contributed by atoms with Gasteiger partial charge in [-0.1, -0.05) is 0 Å². The van der Waals surface area contributed by atoms with Gasteiger partial charge in [0, 0.05) is 26.2 Å². The van der Waals surface area contributed by atoms with Crippen LogP contribution in [-0.2, 0) is 4.74 Å². The molecule has 0 aromatic heterocycles. The van der Waals surface area contributed by atoms with Gasteiger partial charge in [-0.3, -0.25) is 4.90 Å². The minimum absolute atomic E-state index is 0.106. The van der Waals surface area contributed by atoms with E-state index in [4.69, 9.17) is 10.5 Å². The van der Waals surface area contributed by atoms with Gasteiger partial charge >= 0.3 is 0 Å². The van der Waals surface area contributed by atoms with Crippen LogP contribution in [0.25, 0.3) is 0 Å². The highest BCUT2D eigenvalue weighted by Gasteiger charge is 2.43. The Kier molecular flexibility index (Phi) is 4.08. The summed E-state index contributed by atoms with van der Waals surface area (Å²) in [6, 6.07) is 0.502. The van der Waals surface area contributed by atoms with Gasteiger partial charge in [-0.15, -0.1) is 0 Å². The van der Waals surface area contributed by atoms with Crippen LogP contribution in [0.15, 0.2) is 0 Å². The first-order valence-electron chi connectivity index (χ1n) is 6.75. The van der Waals surface area contributed by atoms with Gasteiger partial charge in [-0.25, -0.2) is 0 Å². The highest BCUT2D eigenvalue weighted by atomic mass is 16.5. The third-order valence-electron chi connectivity index (χ3n) is 4.48. The summed E-state index contributed by atoms with van der Waals surface area (Å²) in [5.41, 5.74) is 5.96. The van der Waals surface area contributed by atoms with Gasteiger partial charge in [0.15, 0.2) is 0 Å². The molecule has 17 heavy (non-hydrogen) atoms. The van der Waals surface area contributed by atoms with Crippen molar-refractivity contribution in [3.8, 4) is 0 Å². The Balaban J connectivity index is 1.90. The molecule has 3 N–H and O–H groups in total. The van der Waals surface area contributed by atoms with Crippen molar-refractivity contribution in [1.82, 2.24) is 4.90 Å². The number of ether oxygens (including phenoxy) is 1. The maximum absolute atomic E-state index is 9.53. The van der Waals surface area contributed by atoms with E-state index in [0.29, 0.717) is 18.1 Å². The fraction of sp³-hybridized carbons (Fsp3) is 1.00. The molecular weight excluding hydrogens is 216 g/mol. The molecule has 3 unspecified atom stereocenters. The van der Waals surface area contributed by atoms with Gasteiger partial charge < -0.3 is 15.6 Å². The van der Waals surface area contributed by atoms with Gasteiger partial charge in [0.1, 0.15) is 0 Å². The van der Waals surface area contributed by atoms with Crippen LogP contribution < -0.4 is 5.73 Å². The Labute approximate surface area is 104 Å². The smallest absolute Gasteiger partial charge is 0.0626 e. The molecule has 3 atom stereocenters. The molecule has 4 nitrogen and oxygen atoms in total. The van der Waals surface area contributed by atoms with E-state index < -0.39 is 0 Å². The summed E-state index contributed by atoms with van der Waals surface area (Å²) < 4.78 is 5.42. The van der Waals surface area contributed by atoms with Crippen LogP contribution in [0.1, 0.15) is 32.6 Å². The van der Waals surface area contributed by atoms with E-state index in [1.807, 2.05) is 0 Å². The zero-order valence-corrected chi connectivity index (χ0v) is 11.1. The first-order valence-corrected chi connectivity index (χ1v) is 6.75. The molecule has 4 heteroatoms. The van der Waals surface area contributed by atoms with Gasteiger partial charge in [-0.2, -0.15) is 0 Å². The SMILES string of the molecule is COC1CCN(CC(N)(CO)C2CC2)C(C)C1. The van der Waals surface area contributed by atoms with Crippen molar-refractivity contribution in [2.75, 3.05) is 26.8 Å². The summed E-state index contributed by atoms with van der Waals surface area (Å²) in [5.74, 6) is 0.528. The van der Waals surface area contributed by atoms with E-state index in [9.17, 15) is 5.11 Å². The Morgan fingerprint density at radius 2 is 2.12 bits per heavy atom. The minimum Gasteiger partial charge on any atom is -0.394 e. The van der Waals surface area contributed by atoms with Crippen molar-refractivity contribution in [2.24, 2.45) is 11.7 Å². The first kappa shape index (κ1) is 13.3. The predicted octanol–water partition coefficient (Wildman–Crippen LogP) is 0.586. The van der Waals surface area contributed by atoms with Crippen molar-refractivity contribution in [3.63, 3.8) is 0 Å². The van der Waals surface area contributed by atoms with Crippen LogP contribution in [-0.4, -0.2) is 54.5 Å². The van der Waals surface area contributed by atoms with E-state index in [-0.39, 0.29) is 12.1 Å². The lowest BCUT2D eigenvalue weighted by Crippen LogP contribution is -2.58. The number of rotatable bonds is 5. The summed E-state index contributed by atoms with van der Waals surface area (Å²) in [6.45, 7) is 4.20. The van der Waals surface area contributed by atoms with Crippen LogP contribution in [0.2, 0.25) is 0 Å². The summed E-state index contributed by atoms with van der Waals surface area (Å²) in [6.07, 6.45) is 4.90. The largest absolute Gasteiger partial charge is 0.394 e. The Morgan fingerprint density at radius 1 is 1.41 bits per heavy atom. The summed E-state index contributed by atoms with van der Waals surface area (Å²) >= 11 is 0. The molecule has 2 aliphatic rings. The monoisotopic (exact) mass is 242 g/mol. The second kappa shape index (κ2) is 5.22. The summed E-state index contributed by atoms with van der Waals surface area (Å²) in [7, 11) is 1.79. The van der Waals surface area contributed by atoms with Crippen LogP contribution in [0, 0.1) is 5.92 Å². The van der Waals surface area contributed by atoms with Crippen molar-refractivity contribution < 1.29 is 9.84 Å². The molecular formula is C13H26N2O2. The van der Waals surface area contributed by atoms with Crippen LogP contribution >= 0.6 is 0 Å². The zero-order valence-electron chi connectivity index (χ0n) is 11.1. The number of nitrogens with two attached hydrogens (primary N) is 1. The maximum Gasteiger partial charge on any atom is 0.0626 e. The number of methoxy groups -OCH3 is 1. The number of hydrogen-bond donors (Lipinski definition) is 2. The Morgan fingerprint density at radius 3 is 2.59 bits per heavy atom. The number of aliphatic hydroxyl groups excluding tert-OH is 1. The molecule has 1 saturated heterocycles. The number of nitrogens with zero attached hydrogens (tertiary/aromatic N) is 1. The second-order valence-electron chi connectivity index (χ2n) is 5.87. The molecule has 0 bridgehead atoms. The fourth-order valence-electron chi connectivity index (χ4n) is 2.97. The van der Waals surface area contributed by atoms with Crippen LogP contribution in [0.3, 0.4) is 0 Å². The normalized spacial score (nSPS) is 34.6. The minimum atomic E-state index is -0.381. The van der Waals surface area contributed by atoms with E-state index in [0.717, 1.165) is 25.9 Å². The van der Waals surface area contributed by atoms with Crippen LogP contribution in [0.4, 0.5) is 0 Å². The average molecular weight is 242 g/mol. The molecule has 1 heterocycles. The van der Waals surface area contributed by atoms with Crippen molar-refractivity contribution in [2.45, 2.75) is 50.3 Å². The third kappa shape index (κ3) is 2.99. The summed E-state index contributed by atoms with van der Waals surface area (Å²) in [5, 5.41) is 9.53. The molecule has 0 aromatic carbocycles. The van der Waals surface area contributed by atoms with E-state index in [2.05, 4.69) is 11.8 Å². The molecule has 0 radical (unpaired) electrons. The lowest BCUT2D eigenvalue weighted by molar-refractivity contribution is 0.000671. The number of likely N-dealkylation sites (tertiary alicyclic amines) is 1. The van der Waals surface area contributed by atoms with Crippen LogP contribution in [0.5, 0.6) is 0 Å². The Bertz CT molecular complexity index is 258. The van der Waals surface area contributed by atoms with Crippen molar-refractivity contribution >= 4 is 0 Å². The molecule has 1 aliphatic carbocycles. The lowest BCUT2D eigenvalue weighted by atomic mass is 9.91. The third-order valence-corrected chi connectivity index (χ3v) is 4.48. The molecule has 0 amide bonds. The van der Waals surface area contributed by atoms with E-state index in [1.165, 1.54) is 12.8 Å². The second-order valence-corrected chi connectivity index (χ2v) is 5.87. The topological polar surface area (TPSA) is 58.7 Å². The van der Waals surface area contributed by atoms with E-state index >= 15 is 0 Å². The number of piperidine rings is 1. The van der Waals surface area contributed by atoms with Crippen molar-refractivity contribution in [1.29, 1.82) is 0 Å². The quantitative estimate of drug-likeness (QED) is 0.740. The first-order chi connectivity index (χ1) is 8.09. The Hall–Kier alpha value is -0.160.